The van der Waals surface area contributed by atoms with Gasteiger partial charge in [0.05, 0.1) is 11.4 Å². The van der Waals surface area contributed by atoms with E-state index in [0.717, 1.165) is 55.5 Å². The van der Waals surface area contributed by atoms with Gasteiger partial charge in [-0.15, -0.1) is 10.2 Å². The summed E-state index contributed by atoms with van der Waals surface area (Å²) in [6, 6.07) is 20.6. The molecule has 2 aliphatic heterocycles. The third kappa shape index (κ3) is 9.41. The Hall–Kier alpha value is -4.27. The minimum Gasteiger partial charge on any atom is -0.475 e. The smallest absolute Gasteiger partial charge is 0.475 e. The summed E-state index contributed by atoms with van der Waals surface area (Å²) in [4.78, 5) is 27.2. The van der Waals surface area contributed by atoms with Crippen molar-refractivity contribution in [2.75, 3.05) is 31.1 Å². The number of rotatable bonds is 4. The standard InChI is InChI=1S/C22H23N5.2C2HF3O2/c1-2-6-17(7-3-1)21-9-10-22(25-24-21)27-14-18-12-26(13-19(18)15-27)16-20-8-4-5-11-23-20;2*3-2(4,5)1(6)7/h1-11,18-19H,12-16H2;2*(H,6,7). The molecule has 0 radical (unpaired) electrons. The fourth-order valence-electron chi connectivity index (χ4n) is 4.38. The van der Waals surface area contributed by atoms with Gasteiger partial charge >= 0.3 is 24.3 Å². The van der Waals surface area contributed by atoms with E-state index < -0.39 is 24.3 Å². The van der Waals surface area contributed by atoms with Gasteiger partial charge in [-0.05, 0) is 36.1 Å². The van der Waals surface area contributed by atoms with Crippen molar-refractivity contribution in [3.05, 3.63) is 72.6 Å². The van der Waals surface area contributed by atoms with E-state index >= 15 is 0 Å². The predicted molar refractivity (Wildman–Crippen MR) is 134 cm³/mol. The number of hydrogen-bond donors (Lipinski definition) is 2. The van der Waals surface area contributed by atoms with Gasteiger partial charge in [0.2, 0.25) is 0 Å². The molecule has 0 spiro atoms. The molecule has 2 aromatic heterocycles. The molecule has 1 aromatic carbocycles. The zero-order chi connectivity index (χ0) is 30.2. The van der Waals surface area contributed by atoms with Crippen molar-refractivity contribution in [2.45, 2.75) is 18.9 Å². The molecule has 2 aliphatic rings. The van der Waals surface area contributed by atoms with Gasteiger partial charge in [0.1, 0.15) is 0 Å². The van der Waals surface area contributed by atoms with Gasteiger partial charge in [-0.25, -0.2) is 9.59 Å². The fourth-order valence-corrected chi connectivity index (χ4v) is 4.38. The average molecular weight is 586 g/mol. The van der Waals surface area contributed by atoms with E-state index in [1.165, 1.54) is 0 Å². The van der Waals surface area contributed by atoms with Gasteiger partial charge in [0.15, 0.2) is 5.82 Å². The van der Waals surface area contributed by atoms with Gasteiger partial charge < -0.3 is 15.1 Å². The van der Waals surface area contributed by atoms with Crippen LogP contribution in [0.2, 0.25) is 0 Å². The zero-order valence-electron chi connectivity index (χ0n) is 21.3. The molecule has 2 N–H and O–H groups in total. The molecule has 5 rings (SSSR count). The molecule has 220 valence electrons. The molecule has 2 saturated heterocycles. The highest BCUT2D eigenvalue weighted by molar-refractivity contribution is 5.73. The Morgan fingerprint density at radius 3 is 1.73 bits per heavy atom. The molecule has 3 aromatic rings. The van der Waals surface area contributed by atoms with Crippen LogP contribution in [0.3, 0.4) is 0 Å². The van der Waals surface area contributed by atoms with Crippen LogP contribution >= 0.6 is 0 Å². The van der Waals surface area contributed by atoms with Crippen molar-refractivity contribution in [1.82, 2.24) is 20.1 Å². The van der Waals surface area contributed by atoms with Gasteiger partial charge in [0.25, 0.3) is 0 Å². The summed E-state index contributed by atoms with van der Waals surface area (Å²) < 4.78 is 63.5. The van der Waals surface area contributed by atoms with Gasteiger partial charge in [-0.1, -0.05) is 36.4 Å². The van der Waals surface area contributed by atoms with Crippen LogP contribution in [0.25, 0.3) is 11.3 Å². The lowest BCUT2D eigenvalue weighted by Crippen LogP contribution is -2.29. The maximum atomic E-state index is 10.6. The van der Waals surface area contributed by atoms with Crippen LogP contribution < -0.4 is 4.90 Å². The van der Waals surface area contributed by atoms with E-state index in [0.29, 0.717) is 11.8 Å². The molecule has 0 aliphatic carbocycles. The number of benzene rings is 1. The van der Waals surface area contributed by atoms with Crippen LogP contribution in [0, 0.1) is 11.8 Å². The number of carbonyl (C=O) groups is 2. The summed E-state index contributed by atoms with van der Waals surface area (Å²) in [5, 5.41) is 23.2. The molecular weight excluding hydrogens is 560 g/mol. The van der Waals surface area contributed by atoms with Crippen molar-refractivity contribution in [1.29, 1.82) is 0 Å². The highest BCUT2D eigenvalue weighted by atomic mass is 19.4. The molecule has 2 atom stereocenters. The number of hydrogen-bond acceptors (Lipinski definition) is 7. The number of pyridine rings is 1. The Morgan fingerprint density at radius 1 is 0.756 bits per heavy atom. The number of aromatic nitrogens is 3. The second kappa shape index (κ2) is 13.4. The molecule has 15 heteroatoms. The van der Waals surface area contributed by atoms with Crippen LogP contribution in [-0.2, 0) is 16.1 Å². The lowest BCUT2D eigenvalue weighted by molar-refractivity contribution is -0.193. The first-order valence-corrected chi connectivity index (χ1v) is 12.1. The summed E-state index contributed by atoms with van der Waals surface area (Å²) in [5.41, 5.74) is 3.21. The number of likely N-dealkylation sites (tertiary alicyclic amines) is 1. The number of aliphatic carboxylic acids is 2. The number of fused-ring (bicyclic) bond motifs is 1. The largest absolute Gasteiger partial charge is 0.490 e. The molecule has 2 unspecified atom stereocenters. The highest BCUT2D eigenvalue weighted by Crippen LogP contribution is 2.34. The topological polar surface area (TPSA) is 120 Å². The van der Waals surface area contributed by atoms with E-state index in [-0.39, 0.29) is 0 Å². The Kier molecular flexibility index (Phi) is 10.2. The van der Waals surface area contributed by atoms with Crippen molar-refractivity contribution < 1.29 is 46.1 Å². The average Bonchev–Trinajstić information content (AvgIpc) is 3.48. The van der Waals surface area contributed by atoms with Crippen LogP contribution in [0.4, 0.5) is 32.2 Å². The van der Waals surface area contributed by atoms with Crippen molar-refractivity contribution in [2.24, 2.45) is 11.8 Å². The van der Waals surface area contributed by atoms with E-state index in [2.05, 4.69) is 61.4 Å². The number of carboxylic acids is 2. The predicted octanol–water partition coefficient (Wildman–Crippen LogP) is 4.37. The molecule has 2 fully saturated rings. The molecule has 0 saturated carbocycles. The van der Waals surface area contributed by atoms with Gasteiger partial charge in [-0.2, -0.15) is 26.3 Å². The van der Waals surface area contributed by atoms with Gasteiger partial charge in [0, 0.05) is 44.5 Å². The minimum absolute atomic E-state index is 0.712. The fraction of sp³-hybridized carbons (Fsp3) is 0.346. The number of alkyl halides is 6. The van der Waals surface area contributed by atoms with Crippen LogP contribution in [0.15, 0.2) is 66.9 Å². The Morgan fingerprint density at radius 2 is 1.29 bits per heavy atom. The lowest BCUT2D eigenvalue weighted by Gasteiger charge is -2.21. The maximum Gasteiger partial charge on any atom is 0.490 e. The summed E-state index contributed by atoms with van der Waals surface area (Å²) in [5.74, 6) is -3.09. The summed E-state index contributed by atoms with van der Waals surface area (Å²) in [6.45, 7) is 5.39. The number of carboxylic acid groups (broad SMARTS) is 2. The zero-order valence-corrected chi connectivity index (χ0v) is 21.3. The third-order valence-corrected chi connectivity index (χ3v) is 6.20. The summed E-state index contributed by atoms with van der Waals surface area (Å²) >= 11 is 0. The molecule has 9 nitrogen and oxygen atoms in total. The second-order valence-corrected chi connectivity index (χ2v) is 9.19. The van der Waals surface area contributed by atoms with Crippen LogP contribution in [0.5, 0.6) is 0 Å². The molecule has 0 amide bonds. The molecule has 0 bridgehead atoms. The van der Waals surface area contributed by atoms with E-state index in [1.807, 2.05) is 30.5 Å². The van der Waals surface area contributed by atoms with E-state index in [9.17, 15) is 26.3 Å². The maximum absolute atomic E-state index is 10.6. The number of anilines is 1. The van der Waals surface area contributed by atoms with E-state index in [4.69, 9.17) is 19.8 Å². The lowest BCUT2D eigenvalue weighted by atomic mass is 10.0. The molecule has 41 heavy (non-hydrogen) atoms. The summed E-state index contributed by atoms with van der Waals surface area (Å²) in [7, 11) is 0. The number of halogens is 6. The normalized spacial score (nSPS) is 18.4. The quantitative estimate of drug-likeness (QED) is 0.430. The monoisotopic (exact) mass is 585 g/mol. The summed E-state index contributed by atoms with van der Waals surface area (Å²) in [6.07, 6.45) is -8.29. The number of nitrogens with zero attached hydrogens (tertiary/aromatic N) is 5. The first kappa shape index (κ1) is 31.3. The minimum atomic E-state index is -5.08. The Balaban J connectivity index is 0.000000276. The van der Waals surface area contributed by atoms with E-state index in [1.54, 1.807) is 0 Å². The van der Waals surface area contributed by atoms with Gasteiger partial charge in [-0.3, -0.25) is 9.88 Å². The highest BCUT2D eigenvalue weighted by Gasteiger charge is 2.41. The Labute approximate surface area is 230 Å². The first-order chi connectivity index (χ1) is 19.2. The first-order valence-electron chi connectivity index (χ1n) is 12.1. The van der Waals surface area contributed by atoms with Crippen LogP contribution in [0.1, 0.15) is 5.69 Å². The third-order valence-electron chi connectivity index (χ3n) is 6.20. The molecule has 4 heterocycles. The Bertz CT molecular complexity index is 1240. The molecular formula is C26H25F6N5O4. The van der Waals surface area contributed by atoms with Crippen molar-refractivity contribution in [3.8, 4) is 11.3 Å². The second-order valence-electron chi connectivity index (χ2n) is 9.19. The van der Waals surface area contributed by atoms with Crippen LogP contribution in [-0.4, -0.2) is 80.8 Å². The van der Waals surface area contributed by atoms with Crippen molar-refractivity contribution in [3.63, 3.8) is 0 Å². The SMILES string of the molecule is O=C(O)C(F)(F)F.O=C(O)C(F)(F)F.c1ccc(-c2ccc(N3CC4CN(Cc5ccccn5)CC4C3)nn2)cc1. The van der Waals surface area contributed by atoms with Crippen molar-refractivity contribution >= 4 is 17.8 Å².